The summed E-state index contributed by atoms with van der Waals surface area (Å²) in [5, 5.41) is 0. The van der Waals surface area contributed by atoms with E-state index in [1.165, 1.54) is 23.7 Å². The van der Waals surface area contributed by atoms with Gasteiger partial charge in [0.2, 0.25) is 0 Å². The molecule has 50 valence electrons. The van der Waals surface area contributed by atoms with Gasteiger partial charge in [0.25, 0.3) is 0 Å². The average Bonchev–Trinajstić information content (AvgIpc) is 2.35. The van der Waals surface area contributed by atoms with Crippen molar-refractivity contribution in [2.45, 2.75) is 32.1 Å². The van der Waals surface area contributed by atoms with E-state index < -0.39 is 0 Å². The van der Waals surface area contributed by atoms with E-state index in [2.05, 4.69) is 0 Å². The van der Waals surface area contributed by atoms with Gasteiger partial charge in [0.1, 0.15) is 0 Å². The molecule has 0 aliphatic heterocycles. The van der Waals surface area contributed by atoms with Crippen LogP contribution in [0, 0.1) is 23.7 Å². The predicted molar refractivity (Wildman–Crippen MR) is 37.0 cm³/mol. The van der Waals surface area contributed by atoms with Gasteiger partial charge in [0.15, 0.2) is 0 Å². The second-order valence-corrected chi connectivity index (χ2v) is 4.17. The average molecular weight is 122 g/mol. The third-order valence-corrected chi connectivity index (χ3v) is 3.93. The second-order valence-electron chi connectivity index (χ2n) is 4.17. The van der Waals surface area contributed by atoms with Crippen LogP contribution in [0.4, 0.5) is 0 Å². The third kappa shape index (κ3) is 0.461. The van der Waals surface area contributed by atoms with Crippen molar-refractivity contribution in [1.82, 2.24) is 0 Å². The quantitative estimate of drug-likeness (QED) is 0.463. The molecule has 0 aromatic heterocycles. The number of fused-ring (bicyclic) bond motifs is 1. The number of hydrogen-bond donors (Lipinski definition) is 0. The van der Waals surface area contributed by atoms with E-state index in [-0.39, 0.29) is 0 Å². The molecule has 3 aliphatic carbocycles. The number of hydrogen-bond acceptors (Lipinski definition) is 0. The van der Waals surface area contributed by atoms with E-state index in [1.54, 1.807) is 32.1 Å². The molecular formula is C9H14. The minimum Gasteiger partial charge on any atom is -0.0527 e. The van der Waals surface area contributed by atoms with E-state index in [1.807, 2.05) is 0 Å². The molecule has 0 amide bonds. The minimum absolute atomic E-state index is 1.20. The SMILES string of the molecule is C1CC2C3CC[C@H](C1)C23. The molecule has 0 saturated heterocycles. The first-order valence-corrected chi connectivity index (χ1v) is 4.47. The minimum atomic E-state index is 1.20. The van der Waals surface area contributed by atoms with Crippen molar-refractivity contribution in [3.63, 3.8) is 0 Å². The Morgan fingerprint density at radius 3 is 2.44 bits per heavy atom. The first-order chi connectivity index (χ1) is 4.47. The van der Waals surface area contributed by atoms with Crippen LogP contribution < -0.4 is 0 Å². The molecule has 4 atom stereocenters. The maximum Gasteiger partial charge on any atom is -0.0323 e. The summed E-state index contributed by atoms with van der Waals surface area (Å²) in [6.45, 7) is 0. The van der Waals surface area contributed by atoms with Crippen molar-refractivity contribution in [2.75, 3.05) is 0 Å². The van der Waals surface area contributed by atoms with Gasteiger partial charge in [-0.1, -0.05) is 12.8 Å². The fraction of sp³-hybridized carbons (Fsp3) is 1.00. The molecule has 0 nitrogen and oxygen atoms in total. The molecule has 3 saturated carbocycles. The molecule has 0 spiro atoms. The van der Waals surface area contributed by atoms with Crippen LogP contribution in [0.2, 0.25) is 0 Å². The first-order valence-electron chi connectivity index (χ1n) is 4.47. The van der Waals surface area contributed by atoms with E-state index in [9.17, 15) is 0 Å². The highest BCUT2D eigenvalue weighted by Gasteiger charge is 2.58. The number of rotatable bonds is 0. The Bertz CT molecular complexity index is 131. The van der Waals surface area contributed by atoms with Gasteiger partial charge in [-0.05, 0) is 42.9 Å². The standard InChI is InChI=1S/C9H14/c1-2-6-4-5-8-7(3-1)9(6)8/h6-9H,1-5H2/t6-,7?,8?,9?/m0/s1. The molecule has 0 radical (unpaired) electrons. The zero-order valence-electron chi connectivity index (χ0n) is 5.84. The molecular weight excluding hydrogens is 108 g/mol. The van der Waals surface area contributed by atoms with Gasteiger partial charge in [-0.25, -0.2) is 0 Å². The molecule has 3 unspecified atom stereocenters. The van der Waals surface area contributed by atoms with Crippen LogP contribution in [0.5, 0.6) is 0 Å². The van der Waals surface area contributed by atoms with Crippen LogP contribution in [-0.2, 0) is 0 Å². The molecule has 9 heavy (non-hydrogen) atoms. The van der Waals surface area contributed by atoms with Crippen molar-refractivity contribution in [3.8, 4) is 0 Å². The Hall–Kier alpha value is 0. The van der Waals surface area contributed by atoms with Crippen molar-refractivity contribution in [2.24, 2.45) is 23.7 Å². The topological polar surface area (TPSA) is 0 Å². The van der Waals surface area contributed by atoms with Crippen LogP contribution in [0.3, 0.4) is 0 Å². The van der Waals surface area contributed by atoms with Crippen LogP contribution in [-0.4, -0.2) is 0 Å². The largest absolute Gasteiger partial charge is 0.0527 e. The monoisotopic (exact) mass is 122 g/mol. The van der Waals surface area contributed by atoms with Gasteiger partial charge in [-0.3, -0.25) is 0 Å². The summed E-state index contributed by atoms with van der Waals surface area (Å²) in [5.74, 6) is 4.92. The van der Waals surface area contributed by atoms with Crippen molar-refractivity contribution in [3.05, 3.63) is 0 Å². The summed E-state index contributed by atoms with van der Waals surface area (Å²) in [6.07, 6.45) is 7.91. The van der Waals surface area contributed by atoms with Gasteiger partial charge in [-0.15, -0.1) is 0 Å². The van der Waals surface area contributed by atoms with Crippen molar-refractivity contribution in [1.29, 1.82) is 0 Å². The molecule has 0 aromatic carbocycles. The van der Waals surface area contributed by atoms with Crippen LogP contribution in [0.25, 0.3) is 0 Å². The lowest BCUT2D eigenvalue weighted by atomic mass is 9.87. The lowest BCUT2D eigenvalue weighted by Crippen LogP contribution is -2.07. The summed E-state index contributed by atoms with van der Waals surface area (Å²) in [4.78, 5) is 0. The molecule has 3 fully saturated rings. The Morgan fingerprint density at radius 1 is 0.778 bits per heavy atom. The maximum atomic E-state index is 1.60. The van der Waals surface area contributed by atoms with Gasteiger partial charge in [-0.2, -0.15) is 0 Å². The summed E-state index contributed by atoms with van der Waals surface area (Å²) in [5.41, 5.74) is 0. The summed E-state index contributed by atoms with van der Waals surface area (Å²) in [6, 6.07) is 0. The molecule has 0 heterocycles. The molecule has 0 N–H and O–H groups in total. The second kappa shape index (κ2) is 1.36. The summed E-state index contributed by atoms with van der Waals surface area (Å²) in [7, 11) is 0. The molecule has 3 aliphatic rings. The normalized spacial score (nSPS) is 61.3. The highest BCUT2D eigenvalue weighted by Crippen LogP contribution is 2.65. The Morgan fingerprint density at radius 2 is 1.67 bits per heavy atom. The van der Waals surface area contributed by atoms with Crippen LogP contribution >= 0.6 is 0 Å². The third-order valence-electron chi connectivity index (χ3n) is 3.93. The fourth-order valence-electron chi connectivity index (χ4n) is 3.54. The van der Waals surface area contributed by atoms with E-state index in [0.29, 0.717) is 0 Å². The smallest absolute Gasteiger partial charge is 0.0323 e. The zero-order chi connectivity index (χ0) is 5.84. The Labute approximate surface area is 56.6 Å². The maximum absolute atomic E-state index is 1.60. The lowest BCUT2D eigenvalue weighted by Gasteiger charge is -2.18. The molecule has 0 aromatic rings. The van der Waals surface area contributed by atoms with Crippen molar-refractivity contribution < 1.29 is 0 Å². The Balaban J connectivity index is 1.90. The van der Waals surface area contributed by atoms with Crippen LogP contribution in [0.15, 0.2) is 0 Å². The summed E-state index contributed by atoms with van der Waals surface area (Å²) >= 11 is 0. The lowest BCUT2D eigenvalue weighted by molar-refractivity contribution is 0.325. The Kier molecular flexibility index (Phi) is 0.717. The fourth-order valence-corrected chi connectivity index (χ4v) is 3.54. The zero-order valence-corrected chi connectivity index (χ0v) is 5.84. The first kappa shape index (κ1) is 4.76. The molecule has 3 rings (SSSR count). The highest BCUT2D eigenvalue weighted by molar-refractivity contribution is 5.07. The predicted octanol–water partition coefficient (Wildman–Crippen LogP) is 2.44. The molecule has 0 heteroatoms. The van der Waals surface area contributed by atoms with Gasteiger partial charge < -0.3 is 0 Å². The van der Waals surface area contributed by atoms with Gasteiger partial charge in [0.05, 0.1) is 0 Å². The van der Waals surface area contributed by atoms with Gasteiger partial charge in [0, 0.05) is 0 Å². The van der Waals surface area contributed by atoms with Crippen molar-refractivity contribution >= 4 is 0 Å². The van der Waals surface area contributed by atoms with E-state index in [0.717, 1.165) is 0 Å². The highest BCUT2D eigenvalue weighted by atomic mass is 14.6. The molecule has 0 bridgehead atoms. The van der Waals surface area contributed by atoms with Crippen LogP contribution in [0.1, 0.15) is 32.1 Å². The summed E-state index contributed by atoms with van der Waals surface area (Å²) < 4.78 is 0. The van der Waals surface area contributed by atoms with Gasteiger partial charge >= 0.3 is 0 Å². The van der Waals surface area contributed by atoms with E-state index in [4.69, 9.17) is 0 Å². The van der Waals surface area contributed by atoms with E-state index >= 15 is 0 Å².